The molecule has 48 heavy (non-hydrogen) atoms. The molecule has 0 radical (unpaired) electrons. The van der Waals surface area contributed by atoms with Crippen LogP contribution >= 0.6 is 0 Å². The molecule has 0 bridgehead atoms. The minimum Gasteiger partial charge on any atom is -0.352 e. The first kappa shape index (κ1) is 30.9. The number of hydrogen-bond acceptors (Lipinski definition) is 4. The molecule has 5 aromatic carbocycles. The SMILES string of the molecule is Cc1cccc(C)c1-n1ccnc1-c1[c-]c(N(c2[c-]c3c(cc2)c2cc(C#N)ccc2n3-c2ccccn2)c2ccccc2)ccc1.[Pt+2]. The van der Waals surface area contributed by atoms with Gasteiger partial charge in [0, 0.05) is 35.5 Å². The molecular weight excluding hydrogens is 772 g/mol. The molecule has 0 N–H and O–H groups in total. The summed E-state index contributed by atoms with van der Waals surface area (Å²) in [6.45, 7) is 4.25. The number of pyridine rings is 1. The van der Waals surface area contributed by atoms with Gasteiger partial charge in [0.05, 0.1) is 17.5 Å². The van der Waals surface area contributed by atoms with Crippen molar-refractivity contribution in [3.8, 4) is 29.0 Å². The van der Waals surface area contributed by atoms with Crippen molar-refractivity contribution in [2.24, 2.45) is 0 Å². The van der Waals surface area contributed by atoms with Gasteiger partial charge in [-0.05, 0) is 78.5 Å². The number of anilines is 3. The van der Waals surface area contributed by atoms with E-state index in [1.165, 1.54) is 11.1 Å². The summed E-state index contributed by atoms with van der Waals surface area (Å²) in [4.78, 5) is 11.6. The van der Waals surface area contributed by atoms with Gasteiger partial charge in [-0.3, -0.25) is 4.98 Å². The van der Waals surface area contributed by atoms with Gasteiger partial charge >= 0.3 is 21.1 Å². The van der Waals surface area contributed by atoms with E-state index in [1.807, 2.05) is 73.1 Å². The Morgan fingerprint density at radius 2 is 1.48 bits per heavy atom. The summed E-state index contributed by atoms with van der Waals surface area (Å²) >= 11 is 0. The molecule has 0 amide bonds. The van der Waals surface area contributed by atoms with E-state index in [1.54, 1.807) is 6.20 Å². The first-order chi connectivity index (χ1) is 23.1. The second-order valence-electron chi connectivity index (χ2n) is 11.5. The number of aryl methyl sites for hydroxylation is 2. The molecule has 0 saturated heterocycles. The van der Waals surface area contributed by atoms with Gasteiger partial charge in [-0.25, -0.2) is 4.98 Å². The number of fused-ring (bicyclic) bond motifs is 3. The van der Waals surface area contributed by atoms with E-state index in [4.69, 9.17) is 4.98 Å². The Labute approximate surface area is 293 Å². The van der Waals surface area contributed by atoms with Crippen molar-refractivity contribution < 1.29 is 21.1 Å². The molecule has 0 fully saturated rings. The second kappa shape index (κ2) is 12.8. The maximum Gasteiger partial charge on any atom is 2.00 e. The van der Waals surface area contributed by atoms with Gasteiger partial charge in [0.2, 0.25) is 0 Å². The maximum absolute atomic E-state index is 9.67. The van der Waals surface area contributed by atoms with Crippen LogP contribution in [-0.2, 0) is 21.1 Å². The first-order valence-electron chi connectivity index (χ1n) is 15.4. The van der Waals surface area contributed by atoms with Gasteiger partial charge < -0.3 is 14.0 Å². The molecule has 6 nitrogen and oxygen atoms in total. The van der Waals surface area contributed by atoms with Crippen LogP contribution in [0, 0.1) is 37.3 Å². The Hall–Kier alpha value is -5.76. The molecular formula is C41H28N6Pt. The maximum atomic E-state index is 9.67. The summed E-state index contributed by atoms with van der Waals surface area (Å²) in [5, 5.41) is 11.6. The first-order valence-corrected chi connectivity index (χ1v) is 15.4. The third kappa shape index (κ3) is 5.29. The Balaban J connectivity index is 0.00000364. The third-order valence-corrected chi connectivity index (χ3v) is 8.51. The molecule has 232 valence electrons. The average molecular weight is 800 g/mol. The molecule has 0 atom stereocenters. The van der Waals surface area contributed by atoms with Crippen molar-refractivity contribution in [1.29, 1.82) is 5.26 Å². The van der Waals surface area contributed by atoms with Gasteiger partial charge in [-0.15, -0.1) is 47.3 Å². The van der Waals surface area contributed by atoms with Crippen LogP contribution in [0.15, 0.2) is 134 Å². The summed E-state index contributed by atoms with van der Waals surface area (Å²) in [6, 6.07) is 48.3. The number of nitrogens with zero attached hydrogens (tertiary/aromatic N) is 6. The summed E-state index contributed by atoms with van der Waals surface area (Å²) in [6.07, 6.45) is 5.64. The Kier molecular flexibility index (Phi) is 8.23. The molecule has 0 aliphatic rings. The van der Waals surface area contributed by atoms with Gasteiger partial charge in [-0.2, -0.15) is 11.3 Å². The number of nitriles is 1. The minimum atomic E-state index is 0. The van der Waals surface area contributed by atoms with Crippen LogP contribution in [0.3, 0.4) is 0 Å². The summed E-state index contributed by atoms with van der Waals surface area (Å²) in [7, 11) is 0. The van der Waals surface area contributed by atoms with Crippen LogP contribution in [0.25, 0.3) is 44.7 Å². The number of para-hydroxylation sites is 2. The Bertz CT molecular complexity index is 2440. The van der Waals surface area contributed by atoms with Gasteiger partial charge in [0.25, 0.3) is 0 Å². The minimum absolute atomic E-state index is 0. The van der Waals surface area contributed by atoms with Crippen LogP contribution in [0.1, 0.15) is 16.7 Å². The molecule has 7 heteroatoms. The smallest absolute Gasteiger partial charge is 0.352 e. The predicted octanol–water partition coefficient (Wildman–Crippen LogP) is 9.59. The summed E-state index contributed by atoms with van der Waals surface area (Å²) < 4.78 is 4.26. The molecule has 3 aromatic heterocycles. The van der Waals surface area contributed by atoms with Crippen molar-refractivity contribution in [3.63, 3.8) is 0 Å². The van der Waals surface area contributed by atoms with Crippen molar-refractivity contribution in [1.82, 2.24) is 19.1 Å². The largest absolute Gasteiger partial charge is 2.00 e. The fraction of sp³-hybridized carbons (Fsp3) is 0.0488. The van der Waals surface area contributed by atoms with Crippen LogP contribution in [0.5, 0.6) is 0 Å². The van der Waals surface area contributed by atoms with Crippen molar-refractivity contribution in [2.75, 3.05) is 4.90 Å². The molecule has 0 unspecified atom stereocenters. The van der Waals surface area contributed by atoms with E-state index < -0.39 is 0 Å². The second-order valence-corrected chi connectivity index (χ2v) is 11.5. The van der Waals surface area contributed by atoms with Crippen LogP contribution < -0.4 is 4.90 Å². The zero-order valence-corrected chi connectivity index (χ0v) is 28.5. The number of imidazole rings is 1. The van der Waals surface area contributed by atoms with E-state index in [-0.39, 0.29) is 21.1 Å². The standard InChI is InChI=1S/C41H28N6.Pt/c1-28-10-8-11-29(2)40(28)45-23-22-44-41(45)31-12-9-15-33(25-31)46(32-13-4-3-5-14-32)34-18-19-35-36-24-30(27-42)17-20-37(36)47(38(35)26-34)39-16-6-7-21-43-39;/h3-24H,1-2H3;/q-2;+2. The van der Waals surface area contributed by atoms with Crippen molar-refractivity contribution in [3.05, 3.63) is 163 Å². The van der Waals surface area contributed by atoms with Gasteiger partial charge in [0.1, 0.15) is 5.82 Å². The molecule has 0 aliphatic heterocycles. The number of rotatable bonds is 6. The molecule has 0 spiro atoms. The average Bonchev–Trinajstić information content (AvgIpc) is 3.72. The molecule has 3 heterocycles. The zero-order chi connectivity index (χ0) is 31.9. The van der Waals surface area contributed by atoms with E-state index in [9.17, 15) is 5.26 Å². The third-order valence-electron chi connectivity index (χ3n) is 8.51. The summed E-state index contributed by atoms with van der Waals surface area (Å²) in [5.74, 6) is 1.60. The topological polar surface area (TPSA) is 62.7 Å². The molecule has 8 rings (SSSR count). The molecule has 0 saturated carbocycles. The van der Waals surface area contributed by atoms with Crippen LogP contribution in [0.2, 0.25) is 0 Å². The van der Waals surface area contributed by atoms with Gasteiger partial charge in [0.15, 0.2) is 0 Å². The van der Waals surface area contributed by atoms with E-state index in [0.717, 1.165) is 61.8 Å². The van der Waals surface area contributed by atoms with E-state index in [2.05, 4.69) is 106 Å². The zero-order valence-electron chi connectivity index (χ0n) is 26.2. The Morgan fingerprint density at radius 3 is 2.25 bits per heavy atom. The Morgan fingerprint density at radius 1 is 0.708 bits per heavy atom. The fourth-order valence-corrected chi connectivity index (χ4v) is 6.43. The van der Waals surface area contributed by atoms with Crippen molar-refractivity contribution in [2.45, 2.75) is 13.8 Å². The predicted molar refractivity (Wildman–Crippen MR) is 188 cm³/mol. The quantitative estimate of drug-likeness (QED) is 0.157. The van der Waals surface area contributed by atoms with Crippen LogP contribution in [0.4, 0.5) is 17.1 Å². The van der Waals surface area contributed by atoms with Crippen LogP contribution in [-0.4, -0.2) is 19.1 Å². The van der Waals surface area contributed by atoms with E-state index >= 15 is 0 Å². The monoisotopic (exact) mass is 799 g/mol. The number of benzene rings is 5. The fourth-order valence-electron chi connectivity index (χ4n) is 6.43. The molecule has 8 aromatic rings. The number of aromatic nitrogens is 4. The van der Waals surface area contributed by atoms with Crippen molar-refractivity contribution >= 4 is 38.9 Å². The van der Waals surface area contributed by atoms with E-state index in [0.29, 0.717) is 5.56 Å². The molecule has 0 aliphatic carbocycles. The normalized spacial score (nSPS) is 10.9. The van der Waals surface area contributed by atoms with Gasteiger partial charge in [-0.1, -0.05) is 53.7 Å². The number of hydrogen-bond donors (Lipinski definition) is 0. The summed E-state index contributed by atoms with van der Waals surface area (Å²) in [5.41, 5.74) is 9.48.